The van der Waals surface area contributed by atoms with Crippen LogP contribution in [0.3, 0.4) is 0 Å². The molecule has 0 spiro atoms. The highest BCUT2D eigenvalue weighted by molar-refractivity contribution is 6.62. The molecule has 5 heteroatoms. The summed E-state index contributed by atoms with van der Waals surface area (Å²) in [5.74, 6) is 0. The first-order chi connectivity index (χ1) is 49.5. The van der Waals surface area contributed by atoms with E-state index >= 15 is 0 Å². The van der Waals surface area contributed by atoms with Crippen molar-refractivity contribution in [1.82, 2.24) is 9.97 Å². The zero-order chi connectivity index (χ0) is 70.2. The Morgan fingerprint density at radius 2 is 0.426 bits per heavy atom. The summed E-state index contributed by atoms with van der Waals surface area (Å²) >= 11 is 0. The minimum absolute atomic E-state index is 0.488. The second kappa shape index (κ2) is 37.8. The predicted molar refractivity (Wildman–Crippen MR) is 429 cm³/mol. The van der Waals surface area contributed by atoms with Gasteiger partial charge >= 0.3 is 7.12 Å². The van der Waals surface area contributed by atoms with E-state index in [0.29, 0.717) is 0 Å². The smallest absolute Gasteiger partial charge is 0.399 e. The topological polar surface area (TPSA) is 44.2 Å². The third-order valence-electron chi connectivity index (χ3n) is 17.3. The number of pyridine rings is 2. The molecule has 0 unspecified atom stereocenters. The summed E-state index contributed by atoms with van der Waals surface area (Å²) in [5, 5.41) is 0. The first-order valence-corrected chi connectivity index (χ1v) is 34.5. The summed E-state index contributed by atoms with van der Waals surface area (Å²) in [5.41, 5.74) is 20.1. The normalized spacial score (nSPS) is 11.9. The first kappa shape index (κ1) is 71.9. The molecule has 4 nitrogen and oxygen atoms in total. The van der Waals surface area contributed by atoms with Crippen LogP contribution in [0.2, 0.25) is 0 Å². The van der Waals surface area contributed by atoms with Crippen molar-refractivity contribution in [1.29, 1.82) is 0 Å². The van der Waals surface area contributed by atoms with Gasteiger partial charge in [0.15, 0.2) is 0 Å². The van der Waals surface area contributed by atoms with Crippen molar-refractivity contribution in [3.63, 3.8) is 0 Å². The minimum Gasteiger partial charge on any atom is -0.399 e. The molecule has 0 aliphatic carbocycles. The number of aromatic nitrogens is 2. The van der Waals surface area contributed by atoms with Gasteiger partial charge in [-0.3, -0.25) is 9.97 Å². The monoisotopic (exact) mass is 1310 g/mol. The Bertz CT molecular complexity index is 4180. The van der Waals surface area contributed by atoms with Crippen LogP contribution in [0.15, 0.2) is 419 Å². The van der Waals surface area contributed by atoms with Gasteiger partial charge in [-0.25, -0.2) is 0 Å². The maximum Gasteiger partial charge on any atom is 0.494 e. The van der Waals surface area contributed by atoms with E-state index in [0.717, 1.165) is 83.6 Å². The van der Waals surface area contributed by atoms with Crippen LogP contribution in [0, 0.1) is 13.8 Å². The Kier molecular flexibility index (Phi) is 26.9. The number of nitrogens with zero attached hydrogens (tertiary/aromatic N) is 2. The zero-order valence-corrected chi connectivity index (χ0v) is 58.6. The van der Waals surface area contributed by atoms with Crippen LogP contribution in [0.5, 0.6) is 0 Å². The molecule has 15 aromatic rings. The lowest BCUT2D eigenvalue weighted by atomic mass is 9.75. The van der Waals surface area contributed by atoms with Crippen molar-refractivity contribution in [3.05, 3.63) is 430 Å². The molecule has 1 saturated heterocycles. The average molecular weight is 1310 g/mol. The molecule has 496 valence electrons. The van der Waals surface area contributed by atoms with E-state index in [9.17, 15) is 0 Å². The van der Waals surface area contributed by atoms with E-state index in [1.165, 1.54) is 22.3 Å². The molecule has 0 amide bonds. The van der Waals surface area contributed by atoms with Gasteiger partial charge in [0.05, 0.1) is 22.6 Å². The van der Waals surface area contributed by atoms with Crippen molar-refractivity contribution in [2.45, 2.75) is 52.7 Å². The van der Waals surface area contributed by atoms with E-state index in [1.807, 2.05) is 243 Å². The number of hydrogen-bond acceptors (Lipinski definition) is 4. The molecule has 1 aliphatic heterocycles. The Morgan fingerprint density at radius 3 is 0.673 bits per heavy atom. The predicted octanol–water partition coefficient (Wildman–Crippen LogP) is 24.8. The second-order valence-corrected chi connectivity index (χ2v) is 25.1. The van der Waals surface area contributed by atoms with Crippen LogP contribution in [0.25, 0.3) is 89.3 Å². The summed E-state index contributed by atoms with van der Waals surface area (Å²) in [6.45, 7) is 12.8. The Morgan fingerprint density at radius 1 is 0.218 bits per heavy atom. The van der Waals surface area contributed by atoms with E-state index in [4.69, 9.17) is 19.3 Å². The molecular weight excluding hydrogens is 1220 g/mol. The van der Waals surface area contributed by atoms with Crippen LogP contribution >= 0.6 is 0 Å². The van der Waals surface area contributed by atoms with Gasteiger partial charge < -0.3 is 9.31 Å². The first-order valence-electron chi connectivity index (χ1n) is 34.5. The summed E-state index contributed by atoms with van der Waals surface area (Å²) in [6, 6.07) is 139. The van der Waals surface area contributed by atoms with E-state index in [2.05, 4.69) is 217 Å². The molecule has 0 saturated carbocycles. The Hall–Kier alpha value is -11.9. The molecule has 16 rings (SSSR count). The lowest BCUT2D eigenvalue weighted by molar-refractivity contribution is 0.00578. The molecule has 0 bridgehead atoms. The van der Waals surface area contributed by atoms with Crippen LogP contribution in [-0.2, 0) is 9.31 Å². The molecular formula is C96H87BN2O2. The summed E-state index contributed by atoms with van der Waals surface area (Å²) < 4.78 is 13.4. The molecule has 101 heavy (non-hydrogen) atoms. The molecule has 0 atom stereocenters. The number of rotatable bonds is 9. The summed E-state index contributed by atoms with van der Waals surface area (Å²) in [7, 11) is -0.537. The fourth-order valence-electron chi connectivity index (χ4n) is 11.3. The third-order valence-corrected chi connectivity index (χ3v) is 17.3. The van der Waals surface area contributed by atoms with Gasteiger partial charge in [-0.1, -0.05) is 388 Å². The van der Waals surface area contributed by atoms with Crippen LogP contribution < -0.4 is 5.46 Å². The van der Waals surface area contributed by atoms with Crippen molar-refractivity contribution in [2.75, 3.05) is 0 Å². The molecule has 2 aromatic heterocycles. The molecule has 13 aromatic carbocycles. The van der Waals surface area contributed by atoms with Gasteiger partial charge in [-0.2, -0.15) is 0 Å². The highest BCUT2D eigenvalue weighted by atomic mass is 16.7. The summed E-state index contributed by atoms with van der Waals surface area (Å²) in [6.07, 6.45) is 3.98. The largest absolute Gasteiger partial charge is 0.494 e. The van der Waals surface area contributed by atoms with Gasteiger partial charge in [0.1, 0.15) is 0 Å². The Labute approximate surface area is 600 Å². The minimum atomic E-state index is -0.537. The lowest BCUT2D eigenvalue weighted by Crippen LogP contribution is -2.41. The third kappa shape index (κ3) is 21.3. The number of hydrogen-bond donors (Lipinski definition) is 0. The Balaban J connectivity index is 0.000000243. The standard InChI is InChI=1S/C60H51BN2O2.6C6H6/c1-40-33-57(62-38-55(40)42-17-9-7-10-18-42)46-29-25-44(26-30-46)51-21-13-15-23-53(51)48-35-49(37-50(36-48)61-64-59(3,4)60(5,6)65-61)54-24-16-14-22-52(54)45-27-31-47(32-28-45)58-34-41(2)56(39-63-58)43-19-11-8-12-20-43;6*1-2-4-6-5-3-1/h7-39H,1-6H3;6*1-6H. The maximum absolute atomic E-state index is 6.72. The van der Waals surface area contributed by atoms with Crippen LogP contribution in [0.1, 0.15) is 38.8 Å². The van der Waals surface area contributed by atoms with E-state index < -0.39 is 18.3 Å². The SMILES string of the molecule is Cc1cc(-c2ccc(-c3ccccc3-c3cc(B4OC(C)(C)C(C)(C)O4)cc(-c4ccccc4-c4ccc(-c5cc(C)c(-c6ccccc6)cn5)cc4)c3)cc2)ncc1-c1ccccc1.c1ccccc1.c1ccccc1.c1ccccc1.c1ccccc1.c1ccccc1.c1ccccc1. The van der Waals surface area contributed by atoms with E-state index in [1.54, 1.807) is 0 Å². The second-order valence-electron chi connectivity index (χ2n) is 25.1. The number of benzene rings is 13. The highest BCUT2D eigenvalue weighted by Crippen LogP contribution is 2.41. The highest BCUT2D eigenvalue weighted by Gasteiger charge is 2.52. The van der Waals surface area contributed by atoms with Gasteiger partial charge in [0.2, 0.25) is 0 Å². The molecule has 0 N–H and O–H groups in total. The fraction of sp³-hybridized carbons (Fsp3) is 0.0833. The molecule has 1 fully saturated rings. The fourth-order valence-corrected chi connectivity index (χ4v) is 11.3. The van der Waals surface area contributed by atoms with Crippen LogP contribution in [0.4, 0.5) is 0 Å². The zero-order valence-electron chi connectivity index (χ0n) is 58.6. The van der Waals surface area contributed by atoms with Crippen molar-refractivity contribution in [2.24, 2.45) is 0 Å². The van der Waals surface area contributed by atoms with E-state index in [-0.39, 0.29) is 0 Å². The summed E-state index contributed by atoms with van der Waals surface area (Å²) in [4.78, 5) is 9.79. The quantitative estimate of drug-likeness (QED) is 0.135. The number of aryl methyl sites for hydroxylation is 2. The van der Waals surface area contributed by atoms with Gasteiger partial charge in [-0.05, 0) is 132 Å². The van der Waals surface area contributed by atoms with Crippen LogP contribution in [-0.4, -0.2) is 28.3 Å². The maximum atomic E-state index is 6.72. The van der Waals surface area contributed by atoms with Gasteiger partial charge in [0, 0.05) is 34.6 Å². The van der Waals surface area contributed by atoms with Crippen molar-refractivity contribution < 1.29 is 9.31 Å². The van der Waals surface area contributed by atoms with Crippen molar-refractivity contribution in [3.8, 4) is 89.3 Å². The lowest BCUT2D eigenvalue weighted by Gasteiger charge is -2.32. The molecule has 0 radical (unpaired) electrons. The van der Waals surface area contributed by atoms with Gasteiger partial charge in [0.25, 0.3) is 0 Å². The molecule has 1 aliphatic rings. The molecule has 3 heterocycles. The van der Waals surface area contributed by atoms with Gasteiger partial charge in [-0.15, -0.1) is 0 Å². The average Bonchev–Trinajstić information content (AvgIpc) is 1.68. The van der Waals surface area contributed by atoms with Crippen molar-refractivity contribution >= 4 is 12.6 Å².